The minimum absolute atomic E-state index is 0.140. The molecule has 0 spiro atoms. The largest absolute Gasteiger partial charge is 0.394 e. The predicted molar refractivity (Wildman–Crippen MR) is 104 cm³/mol. The average molecular weight is 373 g/mol. The molecule has 0 aromatic rings. The predicted octanol–water partition coefficient (Wildman–Crippen LogP) is 3.35. The first-order valence-electron chi connectivity index (χ1n) is 10.6. The van der Waals surface area contributed by atoms with Crippen LogP contribution in [0.15, 0.2) is 12.2 Å². The summed E-state index contributed by atoms with van der Waals surface area (Å²) >= 11 is 0. The molecule has 0 amide bonds. The molecule has 5 heteroatoms. The Morgan fingerprint density at radius 1 is 1.00 bits per heavy atom. The normalized spacial score (nSPS) is 24.5. The molecule has 0 bridgehead atoms. The van der Waals surface area contributed by atoms with Crippen molar-refractivity contribution in [3.05, 3.63) is 12.2 Å². The highest BCUT2D eigenvalue weighted by Gasteiger charge is 2.40. The van der Waals surface area contributed by atoms with Crippen molar-refractivity contribution >= 4 is 0 Å². The molecule has 3 N–H and O–H groups in total. The van der Waals surface area contributed by atoms with E-state index in [4.69, 9.17) is 14.6 Å². The summed E-state index contributed by atoms with van der Waals surface area (Å²) in [5.74, 6) is 0. The first kappa shape index (κ1) is 23.6. The van der Waals surface area contributed by atoms with E-state index in [2.05, 4.69) is 19.1 Å². The molecule has 0 aromatic heterocycles. The lowest BCUT2D eigenvalue weighted by atomic mass is 10.1. The van der Waals surface area contributed by atoms with Crippen LogP contribution in [0, 0.1) is 0 Å². The van der Waals surface area contributed by atoms with Gasteiger partial charge < -0.3 is 24.8 Å². The molecule has 1 heterocycles. The number of rotatable bonds is 16. The van der Waals surface area contributed by atoms with E-state index >= 15 is 0 Å². The summed E-state index contributed by atoms with van der Waals surface area (Å²) < 4.78 is 11.0. The number of hydrogen-bond acceptors (Lipinski definition) is 5. The standard InChI is InChI=1S/C21H40O5/c1-2-3-4-5-6-7-8-9-10-11-12-13-14-15-25-21-19(24)17-26-20(21)18(23)16-22/h12-13,18-24H,2-11,14-17H2,1H3/b13-12+/t18-,19+,20-,21-/m0/s1. The van der Waals surface area contributed by atoms with Crippen molar-refractivity contribution in [2.24, 2.45) is 0 Å². The van der Waals surface area contributed by atoms with Crippen molar-refractivity contribution in [2.75, 3.05) is 19.8 Å². The van der Waals surface area contributed by atoms with Gasteiger partial charge in [-0.2, -0.15) is 0 Å². The molecule has 1 saturated heterocycles. The Labute approximate surface area is 159 Å². The summed E-state index contributed by atoms with van der Waals surface area (Å²) in [4.78, 5) is 0. The third-order valence-corrected chi connectivity index (χ3v) is 4.96. The van der Waals surface area contributed by atoms with Gasteiger partial charge in [-0.1, -0.05) is 70.4 Å². The molecule has 0 unspecified atom stereocenters. The van der Waals surface area contributed by atoms with Gasteiger partial charge in [0.05, 0.1) is 19.8 Å². The van der Waals surface area contributed by atoms with E-state index in [9.17, 15) is 10.2 Å². The molecule has 154 valence electrons. The maximum absolute atomic E-state index is 9.85. The SMILES string of the molecule is CCCCCCCCCCC/C=C/CCO[C@@H]1[C@H]([C@@H](O)CO)OC[C@H]1O. The van der Waals surface area contributed by atoms with E-state index in [0.29, 0.717) is 6.61 Å². The smallest absolute Gasteiger partial charge is 0.114 e. The fourth-order valence-corrected chi connectivity index (χ4v) is 3.34. The van der Waals surface area contributed by atoms with Gasteiger partial charge in [-0.15, -0.1) is 0 Å². The van der Waals surface area contributed by atoms with Gasteiger partial charge in [0.25, 0.3) is 0 Å². The molecule has 26 heavy (non-hydrogen) atoms. The van der Waals surface area contributed by atoms with Crippen molar-refractivity contribution in [1.29, 1.82) is 0 Å². The Kier molecular flexibility index (Phi) is 14.1. The van der Waals surface area contributed by atoms with Gasteiger partial charge in [0, 0.05) is 0 Å². The van der Waals surface area contributed by atoms with Crippen LogP contribution in [0.25, 0.3) is 0 Å². The van der Waals surface area contributed by atoms with Crippen molar-refractivity contribution in [3.63, 3.8) is 0 Å². The van der Waals surface area contributed by atoms with E-state index in [0.717, 1.165) is 12.8 Å². The van der Waals surface area contributed by atoms with Crippen molar-refractivity contribution in [3.8, 4) is 0 Å². The summed E-state index contributed by atoms with van der Waals surface area (Å²) in [5.41, 5.74) is 0. The number of hydrogen-bond donors (Lipinski definition) is 3. The lowest BCUT2D eigenvalue weighted by Gasteiger charge is -2.23. The van der Waals surface area contributed by atoms with Crippen LogP contribution in [0.3, 0.4) is 0 Å². The van der Waals surface area contributed by atoms with Crippen molar-refractivity contribution in [2.45, 2.75) is 102 Å². The number of aliphatic hydroxyl groups is 3. The summed E-state index contributed by atoms with van der Waals surface area (Å²) in [6, 6.07) is 0. The zero-order chi connectivity index (χ0) is 19.0. The van der Waals surface area contributed by atoms with Gasteiger partial charge in [0.15, 0.2) is 0 Å². The molecule has 1 aliphatic heterocycles. The van der Waals surface area contributed by atoms with Crippen LogP contribution < -0.4 is 0 Å². The zero-order valence-electron chi connectivity index (χ0n) is 16.5. The molecule has 0 saturated carbocycles. The monoisotopic (exact) mass is 372 g/mol. The molecule has 5 nitrogen and oxygen atoms in total. The van der Waals surface area contributed by atoms with Crippen LogP contribution in [-0.4, -0.2) is 59.6 Å². The van der Waals surface area contributed by atoms with Crippen LogP contribution >= 0.6 is 0 Å². The maximum atomic E-state index is 9.85. The van der Waals surface area contributed by atoms with Gasteiger partial charge in [0.2, 0.25) is 0 Å². The highest BCUT2D eigenvalue weighted by molar-refractivity contribution is 4.89. The number of unbranched alkanes of at least 4 members (excludes halogenated alkanes) is 9. The average Bonchev–Trinajstić information content (AvgIpc) is 3.02. The Morgan fingerprint density at radius 3 is 2.27 bits per heavy atom. The second-order valence-corrected chi connectivity index (χ2v) is 7.33. The molecule has 1 rings (SSSR count). The summed E-state index contributed by atoms with van der Waals surface area (Å²) in [7, 11) is 0. The molecule has 0 radical (unpaired) electrons. The second kappa shape index (κ2) is 15.6. The van der Waals surface area contributed by atoms with Gasteiger partial charge in [0.1, 0.15) is 24.4 Å². The first-order chi connectivity index (χ1) is 12.7. The molecule has 1 aliphatic rings. The first-order valence-corrected chi connectivity index (χ1v) is 10.6. The fraction of sp³-hybridized carbons (Fsp3) is 0.905. The fourth-order valence-electron chi connectivity index (χ4n) is 3.34. The Morgan fingerprint density at radius 2 is 1.62 bits per heavy atom. The van der Waals surface area contributed by atoms with Crippen molar-refractivity contribution < 1.29 is 24.8 Å². The summed E-state index contributed by atoms with van der Waals surface area (Å²) in [6.45, 7) is 2.48. The number of allylic oxidation sites excluding steroid dienone is 1. The van der Waals surface area contributed by atoms with E-state index in [-0.39, 0.29) is 6.61 Å². The third-order valence-electron chi connectivity index (χ3n) is 4.96. The third kappa shape index (κ3) is 10.0. The topological polar surface area (TPSA) is 79.2 Å². The Balaban J connectivity index is 1.96. The van der Waals surface area contributed by atoms with E-state index in [1.807, 2.05) is 0 Å². The van der Waals surface area contributed by atoms with Gasteiger partial charge in [-0.3, -0.25) is 0 Å². The van der Waals surface area contributed by atoms with E-state index in [1.165, 1.54) is 57.8 Å². The second-order valence-electron chi connectivity index (χ2n) is 7.33. The zero-order valence-corrected chi connectivity index (χ0v) is 16.5. The van der Waals surface area contributed by atoms with Crippen LogP contribution in [0.5, 0.6) is 0 Å². The highest BCUT2D eigenvalue weighted by Crippen LogP contribution is 2.21. The minimum Gasteiger partial charge on any atom is -0.394 e. The van der Waals surface area contributed by atoms with Crippen molar-refractivity contribution in [1.82, 2.24) is 0 Å². The number of ether oxygens (including phenoxy) is 2. The van der Waals surface area contributed by atoms with Crippen LogP contribution in [0.2, 0.25) is 0 Å². The van der Waals surface area contributed by atoms with Gasteiger partial charge >= 0.3 is 0 Å². The van der Waals surface area contributed by atoms with E-state index in [1.54, 1.807) is 0 Å². The van der Waals surface area contributed by atoms with Crippen LogP contribution in [-0.2, 0) is 9.47 Å². The summed E-state index contributed by atoms with van der Waals surface area (Å²) in [6.07, 6.45) is 15.4. The quantitative estimate of drug-likeness (QED) is 0.286. The molecular formula is C21H40O5. The molecule has 0 aromatic carbocycles. The lowest BCUT2D eigenvalue weighted by molar-refractivity contribution is -0.0924. The Hall–Kier alpha value is -0.460. The molecule has 0 aliphatic carbocycles. The highest BCUT2D eigenvalue weighted by atomic mass is 16.6. The summed E-state index contributed by atoms with van der Waals surface area (Å²) in [5, 5.41) is 28.5. The van der Waals surface area contributed by atoms with Gasteiger partial charge in [-0.05, 0) is 19.3 Å². The Bertz CT molecular complexity index is 347. The number of aliphatic hydroxyl groups excluding tert-OH is 3. The maximum Gasteiger partial charge on any atom is 0.114 e. The molecule has 1 fully saturated rings. The van der Waals surface area contributed by atoms with Crippen LogP contribution in [0.4, 0.5) is 0 Å². The van der Waals surface area contributed by atoms with E-state index < -0.39 is 31.0 Å². The minimum atomic E-state index is -1.01. The molecule has 4 atom stereocenters. The molecular weight excluding hydrogens is 332 g/mol. The van der Waals surface area contributed by atoms with Gasteiger partial charge in [-0.25, -0.2) is 0 Å². The van der Waals surface area contributed by atoms with Crippen LogP contribution in [0.1, 0.15) is 77.6 Å². The lowest BCUT2D eigenvalue weighted by Crippen LogP contribution is -2.42.